The minimum Gasteiger partial charge on any atom is -0.350 e. The van der Waals surface area contributed by atoms with Crippen LogP contribution in [0.1, 0.15) is 24.5 Å². The Hall–Kier alpha value is -3.22. The second-order valence-electron chi connectivity index (χ2n) is 7.42. The van der Waals surface area contributed by atoms with Gasteiger partial charge in [0.15, 0.2) is 0 Å². The predicted molar refractivity (Wildman–Crippen MR) is 110 cm³/mol. The molecule has 30 heavy (non-hydrogen) atoms. The molecular weight excluding hydrogens is 385 g/mol. The number of benzene rings is 2. The van der Waals surface area contributed by atoms with Crippen molar-refractivity contribution in [3.8, 4) is 0 Å². The Balaban J connectivity index is 1.51. The van der Waals surface area contributed by atoms with Gasteiger partial charge in [0.1, 0.15) is 5.82 Å². The van der Waals surface area contributed by atoms with Crippen molar-refractivity contribution in [3.63, 3.8) is 0 Å². The van der Waals surface area contributed by atoms with Crippen LogP contribution in [0.2, 0.25) is 0 Å². The second-order valence-corrected chi connectivity index (χ2v) is 7.42. The highest BCUT2D eigenvalue weighted by atomic mass is 19.1. The van der Waals surface area contributed by atoms with Gasteiger partial charge in [-0.1, -0.05) is 42.5 Å². The number of hydrogen-bond donors (Lipinski definition) is 1. The summed E-state index contributed by atoms with van der Waals surface area (Å²) in [4.78, 5) is 40.7. The maximum absolute atomic E-state index is 13.0. The first-order chi connectivity index (χ1) is 14.5. The van der Waals surface area contributed by atoms with Crippen molar-refractivity contribution in [3.05, 3.63) is 71.5 Å². The van der Waals surface area contributed by atoms with Crippen LogP contribution in [0, 0.1) is 11.7 Å². The quantitative estimate of drug-likeness (QED) is 0.725. The van der Waals surface area contributed by atoms with Gasteiger partial charge < -0.3 is 15.1 Å². The average molecular weight is 411 g/mol. The lowest BCUT2D eigenvalue weighted by Crippen LogP contribution is -2.43. The lowest BCUT2D eigenvalue weighted by molar-refractivity contribution is -0.139. The van der Waals surface area contributed by atoms with Crippen LogP contribution < -0.4 is 5.32 Å². The van der Waals surface area contributed by atoms with Gasteiger partial charge in [-0.15, -0.1) is 0 Å². The fourth-order valence-electron chi connectivity index (χ4n) is 3.53. The summed E-state index contributed by atoms with van der Waals surface area (Å²) in [5.41, 5.74) is 1.79. The first kappa shape index (κ1) is 21.5. The van der Waals surface area contributed by atoms with Gasteiger partial charge in [-0.2, -0.15) is 0 Å². The minimum atomic E-state index is -0.439. The fourth-order valence-corrected chi connectivity index (χ4v) is 3.53. The molecule has 0 aliphatic carbocycles. The fraction of sp³-hybridized carbons (Fsp3) is 0.348. The van der Waals surface area contributed by atoms with Crippen LogP contribution in [0.25, 0.3) is 0 Å². The van der Waals surface area contributed by atoms with Crippen LogP contribution in [0.4, 0.5) is 4.39 Å². The van der Waals surface area contributed by atoms with E-state index in [0.29, 0.717) is 19.6 Å². The van der Waals surface area contributed by atoms with Gasteiger partial charge in [-0.25, -0.2) is 4.39 Å². The Morgan fingerprint density at radius 1 is 1.10 bits per heavy atom. The summed E-state index contributed by atoms with van der Waals surface area (Å²) in [5, 5.41) is 2.75. The molecule has 1 heterocycles. The van der Waals surface area contributed by atoms with Crippen molar-refractivity contribution < 1.29 is 18.8 Å². The second kappa shape index (κ2) is 10.0. The first-order valence-electron chi connectivity index (χ1n) is 10.1. The van der Waals surface area contributed by atoms with E-state index in [1.54, 1.807) is 17.0 Å². The van der Waals surface area contributed by atoms with E-state index in [1.165, 1.54) is 17.0 Å². The van der Waals surface area contributed by atoms with Gasteiger partial charge in [0.05, 0.1) is 12.5 Å². The summed E-state index contributed by atoms with van der Waals surface area (Å²) in [6.45, 7) is 3.22. The molecule has 1 unspecified atom stereocenters. The molecule has 1 aliphatic rings. The van der Waals surface area contributed by atoms with Crippen molar-refractivity contribution in [2.75, 3.05) is 19.6 Å². The van der Waals surface area contributed by atoms with Crippen LogP contribution in [0.15, 0.2) is 54.6 Å². The molecule has 1 fully saturated rings. The lowest BCUT2D eigenvalue weighted by Gasteiger charge is -2.24. The predicted octanol–water partition coefficient (Wildman–Crippen LogP) is 2.34. The lowest BCUT2D eigenvalue weighted by atomic mass is 10.1. The molecule has 0 bridgehead atoms. The first-order valence-corrected chi connectivity index (χ1v) is 10.1. The molecular formula is C23H26FN3O3. The van der Waals surface area contributed by atoms with Crippen molar-refractivity contribution in [1.29, 1.82) is 0 Å². The third-order valence-electron chi connectivity index (χ3n) is 5.21. The molecule has 0 saturated carbocycles. The van der Waals surface area contributed by atoms with E-state index in [9.17, 15) is 18.8 Å². The molecule has 1 saturated heterocycles. The van der Waals surface area contributed by atoms with E-state index in [-0.39, 0.29) is 43.0 Å². The minimum absolute atomic E-state index is 0.0472. The number of likely N-dealkylation sites (N-methyl/N-ethyl adjacent to an activating group) is 1. The Morgan fingerprint density at radius 2 is 1.80 bits per heavy atom. The Kier molecular flexibility index (Phi) is 7.17. The zero-order chi connectivity index (χ0) is 21.5. The van der Waals surface area contributed by atoms with E-state index in [2.05, 4.69) is 5.32 Å². The zero-order valence-corrected chi connectivity index (χ0v) is 17.0. The molecule has 2 aromatic rings. The van der Waals surface area contributed by atoms with E-state index in [1.807, 2.05) is 37.3 Å². The summed E-state index contributed by atoms with van der Waals surface area (Å²) in [7, 11) is 0. The number of amides is 3. The number of rotatable bonds is 8. The van der Waals surface area contributed by atoms with E-state index < -0.39 is 5.92 Å². The van der Waals surface area contributed by atoms with Gasteiger partial charge >= 0.3 is 0 Å². The van der Waals surface area contributed by atoms with E-state index >= 15 is 0 Å². The van der Waals surface area contributed by atoms with Gasteiger partial charge in [-0.05, 0) is 30.2 Å². The third-order valence-corrected chi connectivity index (χ3v) is 5.21. The van der Waals surface area contributed by atoms with Crippen LogP contribution in [-0.2, 0) is 27.5 Å². The van der Waals surface area contributed by atoms with Crippen LogP contribution in [0.3, 0.4) is 0 Å². The maximum atomic E-state index is 13.0. The third kappa shape index (κ3) is 5.65. The molecule has 3 amide bonds. The summed E-state index contributed by atoms with van der Waals surface area (Å²) >= 11 is 0. The van der Waals surface area contributed by atoms with Crippen molar-refractivity contribution in [2.45, 2.75) is 26.4 Å². The summed E-state index contributed by atoms with van der Waals surface area (Å²) in [6.07, 6.45) is 0.166. The highest BCUT2D eigenvalue weighted by molar-refractivity contribution is 5.91. The Labute approximate surface area is 175 Å². The molecule has 2 aromatic carbocycles. The zero-order valence-electron chi connectivity index (χ0n) is 17.0. The normalized spacial score (nSPS) is 15.9. The Morgan fingerprint density at radius 3 is 2.47 bits per heavy atom. The van der Waals surface area contributed by atoms with Crippen molar-refractivity contribution in [2.24, 2.45) is 5.92 Å². The largest absolute Gasteiger partial charge is 0.350 e. The highest BCUT2D eigenvalue weighted by Gasteiger charge is 2.36. The number of likely N-dealkylation sites (tertiary alicyclic amines) is 1. The average Bonchev–Trinajstić information content (AvgIpc) is 3.12. The van der Waals surface area contributed by atoms with Gasteiger partial charge in [0.25, 0.3) is 0 Å². The van der Waals surface area contributed by atoms with E-state index in [4.69, 9.17) is 0 Å². The number of halogens is 1. The van der Waals surface area contributed by atoms with Gasteiger partial charge in [0.2, 0.25) is 17.7 Å². The monoisotopic (exact) mass is 411 g/mol. The number of carbonyl (C=O) groups excluding carboxylic acids is 3. The standard InChI is InChI=1S/C23H26FN3O3/c1-2-26(16-21(28)25-13-17-8-10-20(24)11-9-17)23(30)19-12-22(29)27(15-19)14-18-6-4-3-5-7-18/h3-11,19H,2,12-16H2,1H3,(H,25,28). The topological polar surface area (TPSA) is 69.7 Å². The molecule has 0 radical (unpaired) electrons. The summed E-state index contributed by atoms with van der Waals surface area (Å²) < 4.78 is 13.0. The highest BCUT2D eigenvalue weighted by Crippen LogP contribution is 2.22. The number of nitrogens with one attached hydrogen (secondary N) is 1. The SMILES string of the molecule is CCN(CC(=O)NCc1ccc(F)cc1)C(=O)C1CC(=O)N(Cc2ccccc2)C1. The molecule has 3 rings (SSSR count). The summed E-state index contributed by atoms with van der Waals surface area (Å²) in [5.74, 6) is -1.29. The van der Waals surface area contributed by atoms with Gasteiger partial charge in [-0.3, -0.25) is 14.4 Å². The van der Waals surface area contributed by atoms with Gasteiger partial charge in [0, 0.05) is 32.6 Å². The molecule has 158 valence electrons. The number of nitrogens with zero attached hydrogens (tertiary/aromatic N) is 2. The molecule has 0 aromatic heterocycles. The van der Waals surface area contributed by atoms with Crippen LogP contribution >= 0.6 is 0 Å². The molecule has 6 nitrogen and oxygen atoms in total. The Bertz CT molecular complexity index is 886. The number of hydrogen-bond acceptors (Lipinski definition) is 3. The number of carbonyl (C=O) groups is 3. The van der Waals surface area contributed by atoms with Crippen molar-refractivity contribution >= 4 is 17.7 Å². The molecule has 7 heteroatoms. The maximum Gasteiger partial charge on any atom is 0.239 e. The molecule has 0 spiro atoms. The van der Waals surface area contributed by atoms with Crippen LogP contribution in [-0.4, -0.2) is 47.2 Å². The summed E-state index contributed by atoms with van der Waals surface area (Å²) in [6, 6.07) is 15.5. The smallest absolute Gasteiger partial charge is 0.239 e. The van der Waals surface area contributed by atoms with Crippen molar-refractivity contribution in [1.82, 2.24) is 15.1 Å². The molecule has 1 atom stereocenters. The molecule has 1 aliphatic heterocycles. The van der Waals surface area contributed by atoms with Crippen LogP contribution in [0.5, 0.6) is 0 Å². The van der Waals surface area contributed by atoms with E-state index in [0.717, 1.165) is 11.1 Å². The molecule has 1 N–H and O–H groups in total.